The van der Waals surface area contributed by atoms with Gasteiger partial charge >= 0.3 is 0 Å². The summed E-state index contributed by atoms with van der Waals surface area (Å²) in [5.74, 6) is 1.53. The number of para-hydroxylation sites is 1. The quantitative estimate of drug-likeness (QED) is 0.545. The number of amides is 1. The molecule has 1 saturated heterocycles. The van der Waals surface area contributed by atoms with Gasteiger partial charge in [0.05, 0.1) is 6.61 Å². The van der Waals surface area contributed by atoms with Crippen LogP contribution in [0.2, 0.25) is 0 Å². The summed E-state index contributed by atoms with van der Waals surface area (Å²) in [6.45, 7) is 3.93. The molecule has 1 fully saturated rings. The third-order valence-corrected chi connectivity index (χ3v) is 6.00. The molecule has 0 bridgehead atoms. The normalized spacial score (nSPS) is 15.1. The Kier molecular flexibility index (Phi) is 8.76. The van der Waals surface area contributed by atoms with Crippen molar-refractivity contribution in [2.24, 2.45) is 5.92 Å². The Morgan fingerprint density at radius 1 is 0.967 bits per heavy atom. The van der Waals surface area contributed by atoms with Crippen LogP contribution in [0, 0.1) is 5.92 Å². The van der Waals surface area contributed by atoms with Crippen molar-refractivity contribution in [3.05, 3.63) is 65.7 Å². The number of aryl methyl sites for hydroxylation is 2. The lowest BCUT2D eigenvalue weighted by atomic mass is 9.95. The van der Waals surface area contributed by atoms with E-state index in [0.29, 0.717) is 0 Å². The number of carbonyl (C=O) groups is 1. The van der Waals surface area contributed by atoms with Gasteiger partial charge in [-0.2, -0.15) is 0 Å². The maximum absolute atomic E-state index is 12.1. The zero-order chi connectivity index (χ0) is 21.2. The molecule has 0 aromatic heterocycles. The van der Waals surface area contributed by atoms with E-state index in [-0.39, 0.29) is 11.8 Å². The van der Waals surface area contributed by atoms with E-state index < -0.39 is 0 Å². The van der Waals surface area contributed by atoms with E-state index in [2.05, 4.69) is 59.5 Å². The molecule has 0 radical (unpaired) electrons. The fraction of sp³-hybridized carbons (Fsp3) is 0.500. The second-order valence-electron chi connectivity index (χ2n) is 8.50. The Hall–Kier alpha value is -2.33. The van der Waals surface area contributed by atoms with E-state index in [1.54, 1.807) is 4.90 Å². The van der Waals surface area contributed by atoms with Gasteiger partial charge in [-0.1, -0.05) is 48.5 Å². The first-order valence-electron chi connectivity index (χ1n) is 11.3. The Labute approximate surface area is 181 Å². The Morgan fingerprint density at radius 3 is 2.40 bits per heavy atom. The number of carbonyl (C=O) groups excluding carboxylic acids is 1. The topological polar surface area (TPSA) is 32.8 Å². The summed E-state index contributed by atoms with van der Waals surface area (Å²) in [4.78, 5) is 16.3. The highest BCUT2D eigenvalue weighted by Gasteiger charge is 2.25. The minimum absolute atomic E-state index is 0.215. The molecule has 0 N–H and O–H groups in total. The second kappa shape index (κ2) is 11.8. The molecule has 0 saturated carbocycles. The highest BCUT2D eigenvalue weighted by atomic mass is 16.5. The number of ether oxygens (including phenoxy) is 1. The van der Waals surface area contributed by atoms with Crippen LogP contribution in [0.3, 0.4) is 0 Å². The van der Waals surface area contributed by atoms with E-state index in [1.165, 1.54) is 11.1 Å². The van der Waals surface area contributed by atoms with Crippen LogP contribution in [0.25, 0.3) is 0 Å². The van der Waals surface area contributed by atoms with Crippen molar-refractivity contribution in [2.45, 2.75) is 38.5 Å². The molecule has 4 nitrogen and oxygen atoms in total. The smallest absolute Gasteiger partial charge is 0.225 e. The van der Waals surface area contributed by atoms with Gasteiger partial charge in [0.2, 0.25) is 5.91 Å². The molecular formula is C26H36N2O2. The summed E-state index contributed by atoms with van der Waals surface area (Å²) in [5.41, 5.74) is 2.65. The lowest BCUT2D eigenvalue weighted by Gasteiger charge is -2.32. The zero-order valence-electron chi connectivity index (χ0n) is 18.6. The number of hydrogen-bond acceptors (Lipinski definition) is 3. The number of piperidine rings is 1. The molecule has 162 valence electrons. The second-order valence-corrected chi connectivity index (χ2v) is 8.50. The number of nitrogens with zero attached hydrogens (tertiary/aromatic N) is 2. The fourth-order valence-corrected chi connectivity index (χ4v) is 4.16. The molecule has 1 heterocycles. The molecule has 0 spiro atoms. The average molecular weight is 409 g/mol. The van der Waals surface area contributed by atoms with Gasteiger partial charge in [-0.3, -0.25) is 4.79 Å². The van der Waals surface area contributed by atoms with Crippen LogP contribution in [0.15, 0.2) is 54.6 Å². The highest BCUT2D eigenvalue weighted by Crippen LogP contribution is 2.21. The zero-order valence-corrected chi connectivity index (χ0v) is 18.6. The van der Waals surface area contributed by atoms with Crippen LogP contribution in [-0.2, 0) is 17.6 Å². The predicted molar refractivity (Wildman–Crippen MR) is 123 cm³/mol. The van der Waals surface area contributed by atoms with Crippen molar-refractivity contribution in [1.82, 2.24) is 9.80 Å². The van der Waals surface area contributed by atoms with E-state index in [1.807, 2.05) is 14.1 Å². The summed E-state index contributed by atoms with van der Waals surface area (Å²) in [6.07, 6.45) is 6.21. The van der Waals surface area contributed by atoms with E-state index in [4.69, 9.17) is 4.74 Å². The van der Waals surface area contributed by atoms with Crippen LogP contribution in [0.4, 0.5) is 0 Å². The van der Waals surface area contributed by atoms with Crippen LogP contribution < -0.4 is 4.74 Å². The van der Waals surface area contributed by atoms with Crippen LogP contribution >= 0.6 is 0 Å². The van der Waals surface area contributed by atoms with Crippen molar-refractivity contribution in [3.63, 3.8) is 0 Å². The molecule has 0 atom stereocenters. The largest absolute Gasteiger partial charge is 0.493 e. The van der Waals surface area contributed by atoms with E-state index in [9.17, 15) is 4.79 Å². The molecule has 3 rings (SSSR count). The van der Waals surface area contributed by atoms with Gasteiger partial charge in [0.15, 0.2) is 0 Å². The summed E-state index contributed by atoms with van der Waals surface area (Å²) in [7, 11) is 3.71. The molecule has 1 aliphatic heterocycles. The molecule has 4 heteroatoms. The predicted octanol–water partition coefficient (Wildman–Crippen LogP) is 4.43. The first-order valence-corrected chi connectivity index (χ1v) is 11.3. The molecule has 2 aromatic rings. The molecule has 1 amide bonds. The van der Waals surface area contributed by atoms with Crippen LogP contribution in [0.5, 0.6) is 5.75 Å². The summed E-state index contributed by atoms with van der Waals surface area (Å²) < 4.78 is 6.12. The molecular weight excluding hydrogens is 372 g/mol. The molecule has 2 aromatic carbocycles. The van der Waals surface area contributed by atoms with Crippen molar-refractivity contribution in [2.75, 3.05) is 40.3 Å². The Bertz CT molecular complexity index is 768. The van der Waals surface area contributed by atoms with Crippen molar-refractivity contribution in [1.29, 1.82) is 0 Å². The number of hydrogen-bond donors (Lipinski definition) is 0. The molecule has 0 unspecified atom stereocenters. The Balaban J connectivity index is 1.34. The first kappa shape index (κ1) is 22.4. The third-order valence-electron chi connectivity index (χ3n) is 6.00. The van der Waals surface area contributed by atoms with Crippen molar-refractivity contribution < 1.29 is 9.53 Å². The highest BCUT2D eigenvalue weighted by molar-refractivity contribution is 5.78. The molecule has 1 aliphatic rings. The number of rotatable bonds is 10. The lowest BCUT2D eigenvalue weighted by molar-refractivity contribution is -0.134. The fourth-order valence-electron chi connectivity index (χ4n) is 4.16. The van der Waals surface area contributed by atoms with Crippen molar-refractivity contribution >= 4 is 5.91 Å². The average Bonchev–Trinajstić information content (AvgIpc) is 2.78. The van der Waals surface area contributed by atoms with Gasteiger partial charge in [-0.05, 0) is 75.4 Å². The maximum atomic E-state index is 12.1. The van der Waals surface area contributed by atoms with Gasteiger partial charge in [-0.25, -0.2) is 0 Å². The lowest BCUT2D eigenvalue weighted by Crippen LogP contribution is -2.40. The number of unbranched alkanes of at least 4 members (excludes halogenated alkanes) is 1. The minimum atomic E-state index is 0.215. The summed E-state index contributed by atoms with van der Waals surface area (Å²) >= 11 is 0. The van der Waals surface area contributed by atoms with Gasteiger partial charge in [0.25, 0.3) is 0 Å². The van der Waals surface area contributed by atoms with Gasteiger partial charge < -0.3 is 14.5 Å². The Morgan fingerprint density at radius 2 is 1.67 bits per heavy atom. The van der Waals surface area contributed by atoms with Gasteiger partial charge in [0, 0.05) is 20.0 Å². The monoisotopic (exact) mass is 408 g/mol. The SMILES string of the molecule is CN(C)C(=O)C1CCN(CCCCOc2ccccc2CCc2ccccc2)CC1. The van der Waals surface area contributed by atoms with Gasteiger partial charge in [-0.15, -0.1) is 0 Å². The minimum Gasteiger partial charge on any atom is -0.493 e. The van der Waals surface area contributed by atoms with E-state index >= 15 is 0 Å². The first-order chi connectivity index (χ1) is 14.6. The summed E-state index contributed by atoms with van der Waals surface area (Å²) in [6, 6.07) is 19.0. The molecule has 30 heavy (non-hydrogen) atoms. The third kappa shape index (κ3) is 6.88. The number of likely N-dealkylation sites (tertiary alicyclic amines) is 1. The van der Waals surface area contributed by atoms with Crippen molar-refractivity contribution in [3.8, 4) is 5.75 Å². The molecule has 0 aliphatic carbocycles. The summed E-state index contributed by atoms with van der Waals surface area (Å²) in [5, 5.41) is 0. The van der Waals surface area contributed by atoms with Gasteiger partial charge in [0.1, 0.15) is 5.75 Å². The van der Waals surface area contributed by atoms with Crippen LogP contribution in [-0.4, -0.2) is 56.0 Å². The van der Waals surface area contributed by atoms with E-state index in [0.717, 1.165) is 70.5 Å². The standard InChI is InChI=1S/C26H36N2O2/c1-27(2)26(29)24-16-19-28(20-17-24)18-8-9-21-30-25-13-7-6-12-23(25)15-14-22-10-4-3-5-11-22/h3-7,10-13,24H,8-9,14-21H2,1-2H3. The maximum Gasteiger partial charge on any atom is 0.225 e. The number of benzene rings is 2. The van der Waals surface area contributed by atoms with Crippen LogP contribution in [0.1, 0.15) is 36.8 Å².